The maximum Gasteiger partial charge on any atom is 0.262 e. The van der Waals surface area contributed by atoms with E-state index in [-0.39, 0.29) is 48.5 Å². The maximum absolute atomic E-state index is 13.2. The number of halogens is 2. The molecule has 0 radical (unpaired) electrons. The van der Waals surface area contributed by atoms with E-state index in [0.29, 0.717) is 26.8 Å². The predicted octanol–water partition coefficient (Wildman–Crippen LogP) is 4.93. The van der Waals surface area contributed by atoms with Crippen LogP contribution >= 0.6 is 23.4 Å². The molecule has 0 bridgehead atoms. The van der Waals surface area contributed by atoms with Crippen molar-refractivity contribution in [1.82, 2.24) is 14.9 Å². The zero-order chi connectivity index (χ0) is 26.4. The molecule has 37 heavy (non-hydrogen) atoms. The van der Waals surface area contributed by atoms with Gasteiger partial charge in [0.1, 0.15) is 5.82 Å². The first-order chi connectivity index (χ1) is 17.8. The van der Waals surface area contributed by atoms with Crippen LogP contribution < -0.4 is 16.2 Å². The summed E-state index contributed by atoms with van der Waals surface area (Å²) in [4.78, 5) is 42.8. The van der Waals surface area contributed by atoms with Crippen molar-refractivity contribution in [2.75, 3.05) is 11.1 Å². The number of nitrogens with one attached hydrogen (secondary N) is 2. The van der Waals surface area contributed by atoms with Crippen molar-refractivity contribution in [2.24, 2.45) is 0 Å². The smallest absolute Gasteiger partial charge is 0.262 e. The third kappa shape index (κ3) is 6.96. The molecule has 190 valence electrons. The Kier molecular flexibility index (Phi) is 8.58. The molecule has 3 aromatic carbocycles. The second kappa shape index (κ2) is 12.0. The largest absolute Gasteiger partial charge is 0.352 e. The molecule has 0 aliphatic rings. The van der Waals surface area contributed by atoms with E-state index in [1.165, 1.54) is 16.7 Å². The highest BCUT2D eigenvalue weighted by molar-refractivity contribution is 7.99. The van der Waals surface area contributed by atoms with Crippen molar-refractivity contribution in [1.29, 1.82) is 0 Å². The molecular weight excluding hydrogens is 515 g/mol. The number of fused-ring (bicyclic) bond motifs is 1. The van der Waals surface area contributed by atoms with Gasteiger partial charge in [0.2, 0.25) is 11.8 Å². The molecular formula is C27H24ClFN4O3S. The lowest BCUT2D eigenvalue weighted by Crippen LogP contribution is -2.29. The first kappa shape index (κ1) is 26.4. The number of hydrogen-bond acceptors (Lipinski definition) is 5. The number of carbonyl (C=O) groups excluding carboxylic acids is 2. The maximum atomic E-state index is 13.2. The summed E-state index contributed by atoms with van der Waals surface area (Å²) in [5, 5.41) is 6.88. The predicted molar refractivity (Wildman–Crippen MR) is 144 cm³/mol. The van der Waals surface area contributed by atoms with Crippen LogP contribution in [0.2, 0.25) is 5.02 Å². The van der Waals surface area contributed by atoms with Gasteiger partial charge in [0.25, 0.3) is 5.56 Å². The zero-order valence-electron chi connectivity index (χ0n) is 20.0. The molecule has 4 aromatic rings. The van der Waals surface area contributed by atoms with E-state index in [9.17, 15) is 18.8 Å². The van der Waals surface area contributed by atoms with Gasteiger partial charge in [-0.25, -0.2) is 9.37 Å². The number of aryl methyl sites for hydroxylation is 1. The monoisotopic (exact) mass is 538 g/mol. The number of nitrogens with zero attached hydrogens (tertiary/aromatic N) is 2. The van der Waals surface area contributed by atoms with Crippen molar-refractivity contribution in [2.45, 2.75) is 31.6 Å². The summed E-state index contributed by atoms with van der Waals surface area (Å²) in [6.07, 6.45) is 0.0305. The average molecular weight is 539 g/mol. The number of rotatable bonds is 9. The summed E-state index contributed by atoms with van der Waals surface area (Å²) in [5.74, 6) is -0.891. The van der Waals surface area contributed by atoms with Crippen LogP contribution in [-0.2, 0) is 22.7 Å². The molecule has 1 aromatic heterocycles. The van der Waals surface area contributed by atoms with Gasteiger partial charge in [-0.15, -0.1) is 0 Å². The number of para-hydroxylation sites is 1. The Morgan fingerprint density at radius 3 is 2.57 bits per heavy atom. The first-order valence-electron chi connectivity index (χ1n) is 11.5. The minimum atomic E-state index is -0.348. The van der Waals surface area contributed by atoms with Crippen molar-refractivity contribution < 1.29 is 14.0 Å². The zero-order valence-corrected chi connectivity index (χ0v) is 21.5. The number of carbonyl (C=O) groups is 2. The van der Waals surface area contributed by atoms with Gasteiger partial charge in [0, 0.05) is 30.2 Å². The van der Waals surface area contributed by atoms with E-state index >= 15 is 0 Å². The summed E-state index contributed by atoms with van der Waals surface area (Å²) < 4.78 is 14.5. The fraction of sp³-hybridized carbons (Fsp3) is 0.185. The molecule has 2 amide bonds. The Bertz CT molecular complexity index is 1510. The van der Waals surface area contributed by atoms with Gasteiger partial charge in [-0.05, 0) is 54.4 Å². The lowest BCUT2D eigenvalue weighted by molar-refractivity contribution is -0.121. The minimum Gasteiger partial charge on any atom is -0.352 e. The molecule has 0 fully saturated rings. The van der Waals surface area contributed by atoms with Gasteiger partial charge >= 0.3 is 0 Å². The van der Waals surface area contributed by atoms with Crippen LogP contribution in [0.3, 0.4) is 0 Å². The highest BCUT2D eigenvalue weighted by Crippen LogP contribution is 2.22. The van der Waals surface area contributed by atoms with Crippen LogP contribution in [0.4, 0.5) is 10.1 Å². The van der Waals surface area contributed by atoms with Gasteiger partial charge < -0.3 is 10.6 Å². The molecule has 0 saturated carbocycles. The molecule has 0 aliphatic heterocycles. The normalized spacial score (nSPS) is 10.9. The third-order valence-electron chi connectivity index (χ3n) is 5.58. The fourth-order valence-corrected chi connectivity index (χ4v) is 4.56. The summed E-state index contributed by atoms with van der Waals surface area (Å²) in [6, 6.07) is 18.0. The van der Waals surface area contributed by atoms with Crippen LogP contribution in [0.5, 0.6) is 0 Å². The molecule has 0 atom stereocenters. The van der Waals surface area contributed by atoms with Crippen LogP contribution in [0, 0.1) is 12.7 Å². The second-order valence-corrected chi connectivity index (χ2v) is 9.67. The van der Waals surface area contributed by atoms with Crippen LogP contribution in [0.25, 0.3) is 10.9 Å². The Morgan fingerprint density at radius 2 is 1.81 bits per heavy atom. The topological polar surface area (TPSA) is 93.1 Å². The molecule has 2 N–H and O–H groups in total. The summed E-state index contributed by atoms with van der Waals surface area (Å²) in [7, 11) is 0. The molecule has 0 saturated heterocycles. The van der Waals surface area contributed by atoms with Gasteiger partial charge in [-0.3, -0.25) is 19.0 Å². The SMILES string of the molecule is Cc1ccc(NC(=O)CSc2nc3ccccc3c(=O)n2CCC(=O)NCc2ccc(F)cc2)cc1Cl. The summed E-state index contributed by atoms with van der Waals surface area (Å²) in [6.45, 7) is 2.20. The Hall–Kier alpha value is -3.69. The molecule has 0 aliphatic carbocycles. The van der Waals surface area contributed by atoms with Crippen molar-refractivity contribution in [3.05, 3.63) is 99.1 Å². The van der Waals surface area contributed by atoms with Gasteiger partial charge in [0.15, 0.2) is 5.16 Å². The lowest BCUT2D eigenvalue weighted by Gasteiger charge is -2.13. The number of benzene rings is 3. The molecule has 0 unspecified atom stereocenters. The first-order valence-corrected chi connectivity index (χ1v) is 12.9. The quantitative estimate of drug-likeness (QED) is 0.233. The van der Waals surface area contributed by atoms with Crippen LogP contribution in [0.1, 0.15) is 17.5 Å². The van der Waals surface area contributed by atoms with E-state index in [1.807, 2.05) is 13.0 Å². The Labute approximate surface area is 222 Å². The van der Waals surface area contributed by atoms with Gasteiger partial charge in [0.05, 0.1) is 16.7 Å². The van der Waals surface area contributed by atoms with Crippen molar-refractivity contribution in [3.63, 3.8) is 0 Å². The van der Waals surface area contributed by atoms with E-state index in [4.69, 9.17) is 11.6 Å². The minimum absolute atomic E-state index is 0.00698. The number of aromatic nitrogens is 2. The second-order valence-electron chi connectivity index (χ2n) is 8.32. The summed E-state index contributed by atoms with van der Waals surface area (Å²) in [5.41, 5.74) is 2.46. The van der Waals surface area contributed by atoms with E-state index in [0.717, 1.165) is 22.9 Å². The standard InChI is InChI=1S/C27H24ClFN4O3S/c1-17-6-11-20(14-22(17)28)31-25(35)16-37-27-32-23-5-3-2-4-21(23)26(36)33(27)13-12-24(34)30-15-18-7-9-19(29)10-8-18/h2-11,14H,12-13,15-16H2,1H3,(H,30,34)(H,31,35). The van der Waals surface area contributed by atoms with E-state index in [2.05, 4.69) is 15.6 Å². The van der Waals surface area contributed by atoms with Crippen LogP contribution in [0.15, 0.2) is 76.7 Å². The molecule has 0 spiro atoms. The number of amides is 2. The lowest BCUT2D eigenvalue weighted by atomic mass is 10.2. The highest BCUT2D eigenvalue weighted by atomic mass is 35.5. The third-order valence-corrected chi connectivity index (χ3v) is 6.96. The van der Waals surface area contributed by atoms with E-state index < -0.39 is 0 Å². The molecule has 1 heterocycles. The number of hydrogen-bond donors (Lipinski definition) is 2. The van der Waals surface area contributed by atoms with Crippen molar-refractivity contribution in [3.8, 4) is 0 Å². The van der Waals surface area contributed by atoms with Crippen molar-refractivity contribution >= 4 is 51.8 Å². The highest BCUT2D eigenvalue weighted by Gasteiger charge is 2.15. The number of anilines is 1. The Morgan fingerprint density at radius 1 is 1.05 bits per heavy atom. The summed E-state index contributed by atoms with van der Waals surface area (Å²) >= 11 is 7.25. The van der Waals surface area contributed by atoms with E-state index in [1.54, 1.807) is 48.5 Å². The number of thioether (sulfide) groups is 1. The van der Waals surface area contributed by atoms with Crippen LogP contribution in [-0.4, -0.2) is 27.1 Å². The van der Waals surface area contributed by atoms with Gasteiger partial charge in [-0.1, -0.05) is 53.7 Å². The molecule has 7 nitrogen and oxygen atoms in total. The molecule has 10 heteroatoms. The molecule has 4 rings (SSSR count). The average Bonchev–Trinajstić information content (AvgIpc) is 2.89. The fourth-order valence-electron chi connectivity index (χ4n) is 3.56. The Balaban J connectivity index is 1.45. The van der Waals surface area contributed by atoms with Gasteiger partial charge in [-0.2, -0.15) is 0 Å².